The molecule has 9 heteroatoms. The summed E-state index contributed by atoms with van der Waals surface area (Å²) in [6.45, 7) is 0. The molecule has 1 amide bonds. The van der Waals surface area contributed by atoms with E-state index < -0.39 is 11.9 Å². The third-order valence-electron chi connectivity index (χ3n) is 5.51. The number of amides is 1. The SMILES string of the molecule is COc1cc(C(=O)N/N=C\c2c(OC(=O)c3ccccc3Cl)ccc3ccccc23)cc(OC)c1OC. The number of nitrogens with zero attached hydrogens (tertiary/aromatic N) is 1. The number of rotatable bonds is 8. The van der Waals surface area contributed by atoms with Crippen molar-refractivity contribution in [3.8, 4) is 23.0 Å². The van der Waals surface area contributed by atoms with Crippen LogP contribution in [-0.4, -0.2) is 39.4 Å². The molecule has 0 fully saturated rings. The maximum absolute atomic E-state index is 12.8. The average Bonchev–Trinajstić information content (AvgIpc) is 2.93. The van der Waals surface area contributed by atoms with Gasteiger partial charge in [0.05, 0.1) is 38.1 Å². The molecular formula is C28H23ClN2O6. The topological polar surface area (TPSA) is 95.5 Å². The van der Waals surface area contributed by atoms with Gasteiger partial charge in [0.25, 0.3) is 5.91 Å². The lowest BCUT2D eigenvalue weighted by Crippen LogP contribution is -2.18. The summed E-state index contributed by atoms with van der Waals surface area (Å²) in [4.78, 5) is 25.7. The van der Waals surface area contributed by atoms with Gasteiger partial charge in [-0.1, -0.05) is 54.1 Å². The highest BCUT2D eigenvalue weighted by Crippen LogP contribution is 2.38. The Balaban J connectivity index is 1.64. The quantitative estimate of drug-likeness (QED) is 0.143. The lowest BCUT2D eigenvalue weighted by atomic mass is 10.0. The molecule has 188 valence electrons. The zero-order valence-corrected chi connectivity index (χ0v) is 21.0. The van der Waals surface area contributed by atoms with E-state index in [0.29, 0.717) is 22.8 Å². The number of esters is 1. The molecule has 0 unspecified atom stereocenters. The van der Waals surface area contributed by atoms with E-state index >= 15 is 0 Å². The maximum atomic E-state index is 12.8. The lowest BCUT2D eigenvalue weighted by molar-refractivity contribution is 0.0734. The highest BCUT2D eigenvalue weighted by molar-refractivity contribution is 6.33. The molecule has 4 aromatic carbocycles. The molecule has 0 bridgehead atoms. The fraction of sp³-hybridized carbons (Fsp3) is 0.107. The molecule has 0 saturated heterocycles. The van der Waals surface area contributed by atoms with Gasteiger partial charge >= 0.3 is 5.97 Å². The van der Waals surface area contributed by atoms with Crippen molar-refractivity contribution in [2.75, 3.05) is 21.3 Å². The highest BCUT2D eigenvalue weighted by atomic mass is 35.5. The summed E-state index contributed by atoms with van der Waals surface area (Å²) in [5, 5.41) is 6.08. The van der Waals surface area contributed by atoms with E-state index in [1.165, 1.54) is 39.7 Å². The summed E-state index contributed by atoms with van der Waals surface area (Å²) in [7, 11) is 4.40. The van der Waals surface area contributed by atoms with E-state index in [1.807, 2.05) is 30.3 Å². The molecule has 0 spiro atoms. The van der Waals surface area contributed by atoms with E-state index in [-0.39, 0.29) is 21.9 Å². The molecule has 37 heavy (non-hydrogen) atoms. The molecule has 0 aliphatic heterocycles. The van der Waals surface area contributed by atoms with Gasteiger partial charge in [-0.05, 0) is 41.1 Å². The number of fused-ring (bicyclic) bond motifs is 1. The minimum atomic E-state index is -0.614. The number of hydrazone groups is 1. The van der Waals surface area contributed by atoms with E-state index in [4.69, 9.17) is 30.5 Å². The van der Waals surface area contributed by atoms with Crippen LogP contribution in [0.25, 0.3) is 10.8 Å². The Morgan fingerprint density at radius 2 is 1.51 bits per heavy atom. The van der Waals surface area contributed by atoms with Crippen molar-refractivity contribution in [3.05, 3.63) is 94.5 Å². The number of methoxy groups -OCH3 is 3. The lowest BCUT2D eigenvalue weighted by Gasteiger charge is -2.13. The normalized spacial score (nSPS) is 10.8. The van der Waals surface area contributed by atoms with E-state index in [1.54, 1.807) is 30.3 Å². The third-order valence-corrected chi connectivity index (χ3v) is 5.84. The largest absolute Gasteiger partial charge is 0.493 e. The number of hydrogen-bond acceptors (Lipinski definition) is 7. The molecule has 0 saturated carbocycles. The second-order valence-corrected chi connectivity index (χ2v) is 8.09. The minimum absolute atomic E-state index is 0.232. The van der Waals surface area contributed by atoms with Crippen molar-refractivity contribution < 1.29 is 28.5 Å². The van der Waals surface area contributed by atoms with Crippen LogP contribution in [0.4, 0.5) is 0 Å². The molecule has 0 radical (unpaired) electrons. The van der Waals surface area contributed by atoms with Gasteiger partial charge in [0.15, 0.2) is 11.5 Å². The fourth-order valence-corrected chi connectivity index (χ4v) is 3.92. The molecule has 0 aliphatic carbocycles. The van der Waals surface area contributed by atoms with Gasteiger partial charge in [0.1, 0.15) is 5.75 Å². The molecule has 4 aromatic rings. The molecule has 8 nitrogen and oxygen atoms in total. The summed E-state index contributed by atoms with van der Waals surface area (Å²) >= 11 is 6.16. The second kappa shape index (κ2) is 11.5. The Morgan fingerprint density at radius 1 is 0.838 bits per heavy atom. The summed E-state index contributed by atoms with van der Waals surface area (Å²) in [5.41, 5.74) is 3.47. The number of nitrogens with one attached hydrogen (secondary N) is 1. The van der Waals surface area contributed by atoms with Crippen LogP contribution >= 0.6 is 11.6 Å². The standard InChI is InChI=1S/C28H23ClN2O6/c1-34-24-14-18(15-25(35-2)26(24)36-3)27(32)31-30-16-21-19-9-5-4-8-17(19)12-13-23(21)37-28(33)20-10-6-7-11-22(20)29/h4-16H,1-3H3,(H,31,32)/b30-16-. The smallest absolute Gasteiger partial charge is 0.345 e. The van der Waals surface area contributed by atoms with E-state index in [0.717, 1.165) is 10.8 Å². The monoisotopic (exact) mass is 518 g/mol. The van der Waals surface area contributed by atoms with Gasteiger partial charge in [-0.2, -0.15) is 5.10 Å². The van der Waals surface area contributed by atoms with Crippen LogP contribution < -0.4 is 24.4 Å². The van der Waals surface area contributed by atoms with Crippen molar-refractivity contribution in [1.29, 1.82) is 0 Å². The Hall–Kier alpha value is -4.56. The summed E-state index contributed by atoms with van der Waals surface area (Å²) in [5.74, 6) is 0.167. The van der Waals surface area contributed by atoms with Gasteiger partial charge in [-0.15, -0.1) is 0 Å². The van der Waals surface area contributed by atoms with Gasteiger partial charge in [-0.25, -0.2) is 10.2 Å². The summed E-state index contributed by atoms with van der Waals surface area (Å²) < 4.78 is 21.6. The van der Waals surface area contributed by atoms with E-state index in [2.05, 4.69) is 10.5 Å². The summed E-state index contributed by atoms with van der Waals surface area (Å²) in [6.07, 6.45) is 1.42. The number of ether oxygens (including phenoxy) is 4. The van der Waals surface area contributed by atoms with E-state index in [9.17, 15) is 9.59 Å². The van der Waals surface area contributed by atoms with Gasteiger partial charge in [0, 0.05) is 11.1 Å². The van der Waals surface area contributed by atoms with Crippen LogP contribution in [0.5, 0.6) is 23.0 Å². The zero-order valence-electron chi connectivity index (χ0n) is 20.3. The van der Waals surface area contributed by atoms with Crippen LogP contribution in [0.2, 0.25) is 5.02 Å². The third kappa shape index (κ3) is 5.49. The first kappa shape index (κ1) is 25.5. The summed E-state index contributed by atoms with van der Waals surface area (Å²) in [6, 6.07) is 20.7. The molecular weight excluding hydrogens is 496 g/mol. The maximum Gasteiger partial charge on any atom is 0.345 e. The number of carbonyl (C=O) groups is 2. The number of carbonyl (C=O) groups excluding carboxylic acids is 2. The van der Waals surface area contributed by atoms with Crippen molar-refractivity contribution >= 4 is 40.5 Å². The minimum Gasteiger partial charge on any atom is -0.493 e. The van der Waals surface area contributed by atoms with Crippen molar-refractivity contribution in [3.63, 3.8) is 0 Å². The Labute approximate surface area is 218 Å². The molecule has 0 aromatic heterocycles. The number of hydrogen-bond donors (Lipinski definition) is 1. The second-order valence-electron chi connectivity index (χ2n) is 7.68. The highest BCUT2D eigenvalue weighted by Gasteiger charge is 2.18. The first-order valence-corrected chi connectivity index (χ1v) is 11.5. The van der Waals surface area contributed by atoms with Crippen molar-refractivity contribution in [2.24, 2.45) is 5.10 Å². The number of benzene rings is 4. The first-order valence-electron chi connectivity index (χ1n) is 11.1. The van der Waals surface area contributed by atoms with Crippen LogP contribution in [0, 0.1) is 0 Å². The van der Waals surface area contributed by atoms with Crippen LogP contribution in [0.1, 0.15) is 26.3 Å². The fourth-order valence-electron chi connectivity index (χ4n) is 3.71. The van der Waals surface area contributed by atoms with Crippen molar-refractivity contribution in [1.82, 2.24) is 5.43 Å². The number of halogens is 1. The molecule has 1 N–H and O–H groups in total. The van der Waals surface area contributed by atoms with Gasteiger partial charge in [-0.3, -0.25) is 4.79 Å². The Bertz CT molecular complexity index is 1480. The Morgan fingerprint density at radius 3 is 2.19 bits per heavy atom. The van der Waals surface area contributed by atoms with Gasteiger partial charge in [0.2, 0.25) is 5.75 Å². The van der Waals surface area contributed by atoms with Crippen LogP contribution in [0.3, 0.4) is 0 Å². The zero-order chi connectivity index (χ0) is 26.4. The molecule has 0 aliphatic rings. The van der Waals surface area contributed by atoms with Crippen LogP contribution in [-0.2, 0) is 0 Å². The molecule has 4 rings (SSSR count). The Kier molecular flexibility index (Phi) is 7.90. The molecule has 0 heterocycles. The molecule has 0 atom stereocenters. The average molecular weight is 519 g/mol. The predicted octanol–water partition coefficient (Wildman–Crippen LogP) is 5.50. The first-order chi connectivity index (χ1) is 18.0. The predicted molar refractivity (Wildman–Crippen MR) is 142 cm³/mol. The van der Waals surface area contributed by atoms with Crippen LogP contribution in [0.15, 0.2) is 77.9 Å². The van der Waals surface area contributed by atoms with Crippen molar-refractivity contribution in [2.45, 2.75) is 0 Å². The van der Waals surface area contributed by atoms with Gasteiger partial charge < -0.3 is 18.9 Å².